The molecule has 2 aromatic heterocycles. The molecule has 0 amide bonds. The highest BCUT2D eigenvalue weighted by atomic mass is 16.1. The quantitative estimate of drug-likeness (QED) is 0.564. The zero-order chi connectivity index (χ0) is 14.9. The summed E-state index contributed by atoms with van der Waals surface area (Å²) in [6.07, 6.45) is 0. The van der Waals surface area contributed by atoms with Gasteiger partial charge in [-0.05, 0) is 29.7 Å². The number of nitrogens with zero attached hydrogens (tertiary/aromatic N) is 2. The van der Waals surface area contributed by atoms with Crippen molar-refractivity contribution in [2.75, 3.05) is 0 Å². The number of hydrogen-bond acceptors (Lipinski definition) is 2. The lowest BCUT2D eigenvalue weighted by molar-refractivity contribution is 0.775. The highest BCUT2D eigenvalue weighted by molar-refractivity contribution is 5.79. The van der Waals surface area contributed by atoms with Gasteiger partial charge in [0.05, 0.1) is 23.3 Å². The zero-order valence-electron chi connectivity index (χ0n) is 11.9. The van der Waals surface area contributed by atoms with Gasteiger partial charge in [0, 0.05) is 11.5 Å². The third-order valence-corrected chi connectivity index (χ3v) is 3.88. The molecule has 0 aliphatic carbocycles. The highest BCUT2D eigenvalue weighted by Gasteiger charge is 2.05. The first-order valence-corrected chi connectivity index (χ1v) is 7.24. The number of aromatic nitrogens is 2. The largest absolute Gasteiger partial charge is 0.302 e. The van der Waals surface area contributed by atoms with Crippen molar-refractivity contribution in [3.8, 4) is 0 Å². The first kappa shape index (κ1) is 12.8. The van der Waals surface area contributed by atoms with E-state index in [0.29, 0.717) is 6.54 Å². The second-order valence-electron chi connectivity index (χ2n) is 5.31. The molecule has 0 atom stereocenters. The van der Waals surface area contributed by atoms with Gasteiger partial charge >= 0.3 is 0 Å². The molecule has 0 saturated carbocycles. The molecule has 106 valence electrons. The molecule has 4 aromatic rings. The second kappa shape index (κ2) is 5.11. The van der Waals surface area contributed by atoms with Gasteiger partial charge in [0.25, 0.3) is 5.56 Å². The molecule has 4 rings (SSSR count). The standard InChI is InChI=1S/C19H14N2O/c22-19-12-10-15-6-2-4-8-18(15)21(19)13-16-11-9-14-5-1-3-7-17(14)20-16/h1-12H,13H2. The van der Waals surface area contributed by atoms with Crippen LogP contribution in [0.2, 0.25) is 0 Å². The van der Waals surface area contributed by atoms with Crippen molar-refractivity contribution < 1.29 is 0 Å². The summed E-state index contributed by atoms with van der Waals surface area (Å²) in [4.78, 5) is 16.9. The fraction of sp³-hybridized carbons (Fsp3) is 0.0526. The van der Waals surface area contributed by atoms with E-state index in [4.69, 9.17) is 0 Å². The number of rotatable bonds is 2. The van der Waals surface area contributed by atoms with Gasteiger partial charge in [0.15, 0.2) is 0 Å². The summed E-state index contributed by atoms with van der Waals surface area (Å²) < 4.78 is 1.77. The Morgan fingerprint density at radius 3 is 2.41 bits per heavy atom. The molecular formula is C19H14N2O. The number of hydrogen-bond donors (Lipinski definition) is 0. The van der Waals surface area contributed by atoms with E-state index in [-0.39, 0.29) is 5.56 Å². The second-order valence-corrected chi connectivity index (χ2v) is 5.31. The lowest BCUT2D eigenvalue weighted by Gasteiger charge is -2.10. The predicted molar refractivity (Wildman–Crippen MR) is 89.1 cm³/mol. The van der Waals surface area contributed by atoms with Gasteiger partial charge < -0.3 is 4.57 Å². The summed E-state index contributed by atoms with van der Waals surface area (Å²) in [5, 5.41) is 2.17. The van der Waals surface area contributed by atoms with Crippen LogP contribution in [0.5, 0.6) is 0 Å². The maximum absolute atomic E-state index is 12.2. The molecular weight excluding hydrogens is 272 g/mol. The van der Waals surface area contributed by atoms with Crippen molar-refractivity contribution in [1.82, 2.24) is 9.55 Å². The minimum Gasteiger partial charge on any atom is -0.302 e. The van der Waals surface area contributed by atoms with Gasteiger partial charge in [-0.25, -0.2) is 0 Å². The zero-order valence-corrected chi connectivity index (χ0v) is 11.9. The lowest BCUT2D eigenvalue weighted by Crippen LogP contribution is -2.20. The van der Waals surface area contributed by atoms with Gasteiger partial charge in [0.1, 0.15) is 0 Å². The maximum atomic E-state index is 12.2. The molecule has 0 fully saturated rings. The van der Waals surface area contributed by atoms with E-state index in [2.05, 4.69) is 4.98 Å². The number of para-hydroxylation sites is 2. The van der Waals surface area contributed by atoms with E-state index in [1.165, 1.54) is 0 Å². The normalized spacial score (nSPS) is 11.1. The van der Waals surface area contributed by atoms with Crippen LogP contribution >= 0.6 is 0 Å². The molecule has 3 nitrogen and oxygen atoms in total. The van der Waals surface area contributed by atoms with Gasteiger partial charge in [-0.1, -0.05) is 42.5 Å². The van der Waals surface area contributed by atoms with Crippen molar-refractivity contribution in [2.24, 2.45) is 0 Å². The number of fused-ring (bicyclic) bond motifs is 2. The Hall–Kier alpha value is -2.94. The third-order valence-electron chi connectivity index (χ3n) is 3.88. The Morgan fingerprint density at radius 1 is 0.773 bits per heavy atom. The molecule has 0 N–H and O–H groups in total. The lowest BCUT2D eigenvalue weighted by atomic mass is 10.2. The smallest absolute Gasteiger partial charge is 0.251 e. The van der Waals surface area contributed by atoms with Crippen LogP contribution in [0.3, 0.4) is 0 Å². The van der Waals surface area contributed by atoms with Crippen molar-refractivity contribution >= 4 is 21.8 Å². The van der Waals surface area contributed by atoms with Crippen LogP contribution in [0.15, 0.2) is 77.6 Å². The summed E-state index contributed by atoms with van der Waals surface area (Å²) in [5.41, 5.74) is 2.77. The molecule has 3 heteroatoms. The van der Waals surface area contributed by atoms with Crippen LogP contribution in [-0.2, 0) is 6.54 Å². The average molecular weight is 286 g/mol. The van der Waals surface area contributed by atoms with Crippen molar-refractivity contribution in [1.29, 1.82) is 0 Å². The Labute approximate surface area is 127 Å². The van der Waals surface area contributed by atoms with Crippen molar-refractivity contribution in [2.45, 2.75) is 6.54 Å². The van der Waals surface area contributed by atoms with Crippen LogP contribution in [-0.4, -0.2) is 9.55 Å². The van der Waals surface area contributed by atoms with Gasteiger partial charge in [-0.2, -0.15) is 0 Å². The van der Waals surface area contributed by atoms with Crippen LogP contribution in [0.1, 0.15) is 5.69 Å². The number of pyridine rings is 2. The predicted octanol–water partition coefficient (Wildman–Crippen LogP) is 3.60. The van der Waals surface area contributed by atoms with E-state index >= 15 is 0 Å². The summed E-state index contributed by atoms with van der Waals surface area (Å²) >= 11 is 0. The summed E-state index contributed by atoms with van der Waals surface area (Å²) in [7, 11) is 0. The topological polar surface area (TPSA) is 34.9 Å². The summed E-state index contributed by atoms with van der Waals surface area (Å²) in [6.45, 7) is 0.477. The first-order valence-electron chi connectivity index (χ1n) is 7.24. The van der Waals surface area contributed by atoms with E-state index in [1.807, 2.05) is 66.7 Å². The minimum absolute atomic E-state index is 0.00587. The summed E-state index contributed by atoms with van der Waals surface area (Å²) in [5.74, 6) is 0. The Kier molecular flexibility index (Phi) is 2.97. The monoisotopic (exact) mass is 286 g/mol. The molecule has 0 unspecified atom stereocenters. The molecule has 0 spiro atoms. The van der Waals surface area contributed by atoms with E-state index in [9.17, 15) is 4.79 Å². The molecule has 0 saturated heterocycles. The highest BCUT2D eigenvalue weighted by Crippen LogP contribution is 2.15. The fourth-order valence-corrected chi connectivity index (χ4v) is 2.77. The third kappa shape index (κ3) is 2.17. The summed E-state index contributed by atoms with van der Waals surface area (Å²) in [6, 6.07) is 23.4. The van der Waals surface area contributed by atoms with Crippen LogP contribution in [0.4, 0.5) is 0 Å². The van der Waals surface area contributed by atoms with Crippen molar-refractivity contribution in [3.63, 3.8) is 0 Å². The van der Waals surface area contributed by atoms with Crippen LogP contribution in [0.25, 0.3) is 21.8 Å². The molecule has 0 aliphatic heterocycles. The Balaban J connectivity index is 1.85. The number of benzene rings is 2. The van der Waals surface area contributed by atoms with E-state index in [1.54, 1.807) is 10.6 Å². The molecule has 22 heavy (non-hydrogen) atoms. The Bertz CT molecular complexity index is 1030. The minimum atomic E-state index is -0.00587. The van der Waals surface area contributed by atoms with Gasteiger partial charge in [-0.15, -0.1) is 0 Å². The van der Waals surface area contributed by atoms with Crippen LogP contribution in [0, 0.1) is 0 Å². The molecule has 2 aromatic carbocycles. The van der Waals surface area contributed by atoms with Crippen molar-refractivity contribution in [3.05, 3.63) is 88.8 Å². The first-order chi connectivity index (χ1) is 10.8. The van der Waals surface area contributed by atoms with Crippen LogP contribution < -0.4 is 5.56 Å². The maximum Gasteiger partial charge on any atom is 0.251 e. The van der Waals surface area contributed by atoms with E-state index in [0.717, 1.165) is 27.5 Å². The van der Waals surface area contributed by atoms with Gasteiger partial charge in [-0.3, -0.25) is 9.78 Å². The molecule has 0 aliphatic rings. The average Bonchev–Trinajstić information content (AvgIpc) is 2.57. The van der Waals surface area contributed by atoms with Gasteiger partial charge in [0.2, 0.25) is 0 Å². The molecule has 2 heterocycles. The SMILES string of the molecule is O=c1ccc2ccccc2n1Cc1ccc2ccccc2n1. The van der Waals surface area contributed by atoms with E-state index < -0.39 is 0 Å². The fourth-order valence-electron chi connectivity index (χ4n) is 2.77. The Morgan fingerprint density at radius 2 is 1.50 bits per heavy atom. The molecule has 0 radical (unpaired) electrons. The molecule has 0 bridgehead atoms.